The Kier molecular flexibility index (Phi) is 5.61. The summed E-state index contributed by atoms with van der Waals surface area (Å²) in [6.45, 7) is 2.25. The molecule has 0 aliphatic rings. The van der Waals surface area contributed by atoms with Crippen molar-refractivity contribution in [3.63, 3.8) is 0 Å². The number of nitrogens with one attached hydrogen (secondary N) is 2. The van der Waals surface area contributed by atoms with E-state index in [2.05, 4.69) is 10.6 Å². The fraction of sp³-hybridized carbons (Fsp3) is 0.250. The molecule has 0 aliphatic carbocycles. The van der Waals surface area contributed by atoms with E-state index in [0.717, 1.165) is 5.56 Å². The van der Waals surface area contributed by atoms with Gasteiger partial charge in [0.05, 0.1) is 6.26 Å². The predicted octanol–water partition coefficient (Wildman–Crippen LogP) is 3.39. The van der Waals surface area contributed by atoms with Gasteiger partial charge in [0, 0.05) is 23.7 Å². The molecule has 2 aromatic rings. The third kappa shape index (κ3) is 4.36. The number of hydrogen-bond donors (Lipinski definition) is 2. The number of anilines is 1. The maximum atomic E-state index is 11.9. The van der Waals surface area contributed by atoms with Crippen LogP contribution >= 0.6 is 11.6 Å². The number of carbonyl (C=O) groups is 2. The van der Waals surface area contributed by atoms with Crippen LogP contribution in [0.5, 0.6) is 0 Å². The van der Waals surface area contributed by atoms with Crippen LogP contribution < -0.4 is 10.6 Å². The standard InChI is InChI=1S/C16H17ClN2O3/c1-11-12(17)5-2-6-13(11)19-15(20)8-3-9-18-16(21)14-7-4-10-22-14/h2,4-7,10H,3,8-9H2,1H3,(H,18,21)(H,19,20). The van der Waals surface area contributed by atoms with Crippen molar-refractivity contribution in [2.75, 3.05) is 11.9 Å². The first kappa shape index (κ1) is 16.1. The minimum atomic E-state index is -0.281. The third-order valence-electron chi connectivity index (χ3n) is 3.15. The van der Waals surface area contributed by atoms with Gasteiger partial charge < -0.3 is 15.1 Å². The van der Waals surface area contributed by atoms with Crippen LogP contribution in [0.25, 0.3) is 0 Å². The van der Waals surface area contributed by atoms with E-state index in [1.54, 1.807) is 30.3 Å². The van der Waals surface area contributed by atoms with Gasteiger partial charge in [-0.2, -0.15) is 0 Å². The lowest BCUT2D eigenvalue weighted by Crippen LogP contribution is -2.25. The zero-order valence-electron chi connectivity index (χ0n) is 12.2. The molecule has 5 nitrogen and oxygen atoms in total. The molecule has 0 aliphatic heterocycles. The van der Waals surface area contributed by atoms with Crippen LogP contribution in [0.4, 0.5) is 5.69 Å². The molecule has 1 heterocycles. The molecule has 1 aromatic heterocycles. The van der Waals surface area contributed by atoms with Crippen molar-refractivity contribution in [3.05, 3.63) is 52.9 Å². The van der Waals surface area contributed by atoms with Crippen LogP contribution in [0.15, 0.2) is 41.0 Å². The van der Waals surface area contributed by atoms with E-state index in [1.165, 1.54) is 6.26 Å². The molecule has 2 N–H and O–H groups in total. The number of carbonyl (C=O) groups excluding carboxylic acids is 2. The minimum absolute atomic E-state index is 0.113. The molecule has 6 heteroatoms. The number of furan rings is 1. The van der Waals surface area contributed by atoms with Crippen molar-refractivity contribution in [2.45, 2.75) is 19.8 Å². The molecule has 0 bridgehead atoms. The van der Waals surface area contributed by atoms with E-state index in [-0.39, 0.29) is 17.6 Å². The first-order valence-corrected chi connectivity index (χ1v) is 7.32. The molecular weight excluding hydrogens is 304 g/mol. The summed E-state index contributed by atoms with van der Waals surface area (Å²) in [6.07, 6.45) is 2.29. The lowest BCUT2D eigenvalue weighted by molar-refractivity contribution is -0.116. The van der Waals surface area contributed by atoms with E-state index in [0.29, 0.717) is 30.1 Å². The van der Waals surface area contributed by atoms with Crippen molar-refractivity contribution in [2.24, 2.45) is 0 Å². The van der Waals surface area contributed by atoms with E-state index >= 15 is 0 Å². The first-order valence-electron chi connectivity index (χ1n) is 6.94. The fourth-order valence-corrected chi connectivity index (χ4v) is 2.08. The van der Waals surface area contributed by atoms with Crippen molar-refractivity contribution in [3.8, 4) is 0 Å². The minimum Gasteiger partial charge on any atom is -0.459 e. The maximum absolute atomic E-state index is 11.9. The van der Waals surface area contributed by atoms with Gasteiger partial charge in [-0.25, -0.2) is 0 Å². The SMILES string of the molecule is Cc1c(Cl)cccc1NC(=O)CCCNC(=O)c1ccco1. The molecule has 0 fully saturated rings. The Morgan fingerprint density at radius 1 is 1.23 bits per heavy atom. The Hall–Kier alpha value is -2.27. The molecule has 0 spiro atoms. The highest BCUT2D eigenvalue weighted by Gasteiger charge is 2.09. The van der Waals surface area contributed by atoms with E-state index in [1.807, 2.05) is 6.92 Å². The number of amides is 2. The summed E-state index contributed by atoms with van der Waals surface area (Å²) in [4.78, 5) is 23.5. The van der Waals surface area contributed by atoms with Gasteiger partial charge in [-0.05, 0) is 43.2 Å². The van der Waals surface area contributed by atoms with Crippen molar-refractivity contribution in [1.29, 1.82) is 0 Å². The van der Waals surface area contributed by atoms with E-state index in [4.69, 9.17) is 16.0 Å². The van der Waals surface area contributed by atoms with Gasteiger partial charge in [-0.1, -0.05) is 17.7 Å². The number of hydrogen-bond acceptors (Lipinski definition) is 3. The average molecular weight is 321 g/mol. The van der Waals surface area contributed by atoms with Gasteiger partial charge in [0.25, 0.3) is 5.91 Å². The van der Waals surface area contributed by atoms with Crippen LogP contribution in [0.1, 0.15) is 29.0 Å². The topological polar surface area (TPSA) is 71.3 Å². The Balaban J connectivity index is 1.72. The zero-order chi connectivity index (χ0) is 15.9. The lowest BCUT2D eigenvalue weighted by Gasteiger charge is -2.09. The summed E-state index contributed by atoms with van der Waals surface area (Å²) in [5, 5.41) is 6.12. The quantitative estimate of drug-likeness (QED) is 0.801. The second-order valence-corrected chi connectivity index (χ2v) is 5.20. The summed E-state index contributed by atoms with van der Waals surface area (Å²) >= 11 is 6.00. The summed E-state index contributed by atoms with van der Waals surface area (Å²) in [5.41, 5.74) is 1.54. The molecule has 0 unspecified atom stereocenters. The normalized spacial score (nSPS) is 10.3. The van der Waals surface area contributed by atoms with E-state index < -0.39 is 0 Å². The van der Waals surface area contributed by atoms with Gasteiger partial charge in [0.15, 0.2) is 5.76 Å². The highest BCUT2D eigenvalue weighted by atomic mass is 35.5. The van der Waals surface area contributed by atoms with Crippen LogP contribution in [0.2, 0.25) is 5.02 Å². The summed E-state index contributed by atoms with van der Waals surface area (Å²) in [5.74, 6) is -0.132. The average Bonchev–Trinajstić information content (AvgIpc) is 3.02. The predicted molar refractivity (Wildman–Crippen MR) is 85.1 cm³/mol. The second-order valence-electron chi connectivity index (χ2n) is 4.80. The molecule has 0 saturated heterocycles. The van der Waals surface area contributed by atoms with Crippen LogP contribution in [-0.4, -0.2) is 18.4 Å². The Labute approximate surface area is 133 Å². The van der Waals surface area contributed by atoms with Crippen molar-refractivity contribution < 1.29 is 14.0 Å². The van der Waals surface area contributed by atoms with Gasteiger partial charge in [-0.3, -0.25) is 9.59 Å². The van der Waals surface area contributed by atoms with Crippen LogP contribution in [0, 0.1) is 6.92 Å². The number of halogens is 1. The molecule has 22 heavy (non-hydrogen) atoms. The molecular formula is C16H17ClN2O3. The third-order valence-corrected chi connectivity index (χ3v) is 3.56. The second kappa shape index (κ2) is 7.66. The van der Waals surface area contributed by atoms with Gasteiger partial charge >= 0.3 is 0 Å². The smallest absolute Gasteiger partial charge is 0.286 e. The number of benzene rings is 1. The van der Waals surface area contributed by atoms with Crippen molar-refractivity contribution >= 4 is 29.1 Å². The highest BCUT2D eigenvalue weighted by Crippen LogP contribution is 2.22. The summed E-state index contributed by atoms with van der Waals surface area (Å²) < 4.78 is 4.97. The van der Waals surface area contributed by atoms with Crippen molar-refractivity contribution in [1.82, 2.24) is 5.32 Å². The van der Waals surface area contributed by atoms with Crippen LogP contribution in [-0.2, 0) is 4.79 Å². The molecule has 0 radical (unpaired) electrons. The fourth-order valence-electron chi connectivity index (χ4n) is 1.90. The number of rotatable bonds is 6. The van der Waals surface area contributed by atoms with Gasteiger partial charge in [0.1, 0.15) is 0 Å². The molecule has 116 valence electrons. The Morgan fingerprint density at radius 2 is 2.05 bits per heavy atom. The monoisotopic (exact) mass is 320 g/mol. The Morgan fingerprint density at radius 3 is 2.77 bits per heavy atom. The Bertz CT molecular complexity index is 653. The highest BCUT2D eigenvalue weighted by molar-refractivity contribution is 6.31. The first-order chi connectivity index (χ1) is 10.6. The maximum Gasteiger partial charge on any atom is 0.286 e. The molecule has 2 rings (SSSR count). The molecule has 1 aromatic carbocycles. The zero-order valence-corrected chi connectivity index (χ0v) is 12.9. The lowest BCUT2D eigenvalue weighted by atomic mass is 10.2. The largest absolute Gasteiger partial charge is 0.459 e. The van der Waals surface area contributed by atoms with E-state index in [9.17, 15) is 9.59 Å². The van der Waals surface area contributed by atoms with Crippen LogP contribution in [0.3, 0.4) is 0 Å². The van der Waals surface area contributed by atoms with Gasteiger partial charge in [0.2, 0.25) is 5.91 Å². The molecule has 0 atom stereocenters. The summed E-state index contributed by atoms with van der Waals surface area (Å²) in [6, 6.07) is 8.60. The molecule has 2 amide bonds. The summed E-state index contributed by atoms with van der Waals surface area (Å²) in [7, 11) is 0. The molecule has 0 saturated carbocycles. The van der Waals surface area contributed by atoms with Gasteiger partial charge in [-0.15, -0.1) is 0 Å².